The van der Waals surface area contributed by atoms with E-state index >= 15 is 0 Å². The molecule has 1 aromatic heterocycles. The third-order valence-corrected chi connectivity index (χ3v) is 5.23. The maximum Gasteiger partial charge on any atom is 0.132 e. The van der Waals surface area contributed by atoms with Gasteiger partial charge >= 0.3 is 0 Å². The van der Waals surface area contributed by atoms with Crippen molar-refractivity contribution in [3.05, 3.63) is 16.1 Å². The Morgan fingerprint density at radius 3 is 2.47 bits per heavy atom. The average Bonchev–Trinajstić information content (AvgIpc) is 3.00. The van der Waals surface area contributed by atoms with Gasteiger partial charge in [-0.05, 0) is 25.7 Å². The minimum absolute atomic E-state index is 0.439. The third-order valence-electron chi connectivity index (χ3n) is 4.21. The second-order valence-corrected chi connectivity index (χ2v) is 6.29. The topological polar surface area (TPSA) is 30.0 Å². The predicted molar refractivity (Wildman–Crippen MR) is 69.5 cm³/mol. The summed E-state index contributed by atoms with van der Waals surface area (Å²) in [5.41, 5.74) is 1.33. The van der Waals surface area contributed by atoms with Crippen LogP contribution in [0.1, 0.15) is 73.9 Å². The monoisotopic (exact) mass is 249 g/mol. The molecule has 2 nitrogen and oxygen atoms in total. The number of hydrogen-bond donors (Lipinski definition) is 0. The van der Waals surface area contributed by atoms with Crippen molar-refractivity contribution >= 4 is 17.1 Å². The first kappa shape index (κ1) is 11.4. The van der Waals surface area contributed by atoms with Gasteiger partial charge in [0.1, 0.15) is 5.78 Å². The molecule has 17 heavy (non-hydrogen) atoms. The average molecular weight is 249 g/mol. The first-order chi connectivity index (χ1) is 8.33. The van der Waals surface area contributed by atoms with E-state index in [9.17, 15) is 4.79 Å². The smallest absolute Gasteiger partial charge is 0.132 e. The lowest BCUT2D eigenvalue weighted by atomic mass is 9.89. The summed E-state index contributed by atoms with van der Waals surface area (Å²) in [5, 5.41) is 3.56. The van der Waals surface area contributed by atoms with Crippen LogP contribution in [-0.2, 0) is 4.79 Å². The zero-order valence-corrected chi connectivity index (χ0v) is 11.0. The van der Waals surface area contributed by atoms with Gasteiger partial charge < -0.3 is 0 Å². The van der Waals surface area contributed by atoms with Gasteiger partial charge in [0.15, 0.2) is 0 Å². The highest BCUT2D eigenvalue weighted by molar-refractivity contribution is 7.09. The molecule has 0 amide bonds. The third kappa shape index (κ3) is 2.44. The fourth-order valence-electron chi connectivity index (χ4n) is 3.08. The molecule has 2 aliphatic rings. The Morgan fingerprint density at radius 1 is 1.06 bits per heavy atom. The summed E-state index contributed by atoms with van der Waals surface area (Å²) >= 11 is 1.82. The number of thiazole rings is 1. The molecule has 0 unspecified atom stereocenters. The molecule has 0 aliphatic heterocycles. The Balaban J connectivity index is 1.69. The molecule has 92 valence electrons. The summed E-state index contributed by atoms with van der Waals surface area (Å²) in [5.74, 6) is 1.73. The van der Waals surface area contributed by atoms with Crippen LogP contribution in [0.2, 0.25) is 0 Å². The molecule has 0 bridgehead atoms. The number of carbonyl (C=O) groups is 1. The van der Waals surface area contributed by atoms with Gasteiger partial charge in [0, 0.05) is 30.1 Å². The maximum absolute atomic E-state index is 11.2. The van der Waals surface area contributed by atoms with E-state index in [4.69, 9.17) is 4.98 Å². The molecular weight excluding hydrogens is 230 g/mol. The van der Waals surface area contributed by atoms with Crippen molar-refractivity contribution in [1.29, 1.82) is 0 Å². The lowest BCUT2D eigenvalue weighted by molar-refractivity contribution is -0.120. The van der Waals surface area contributed by atoms with Crippen LogP contribution in [0.4, 0.5) is 0 Å². The molecule has 3 rings (SSSR count). The summed E-state index contributed by atoms with van der Waals surface area (Å²) < 4.78 is 0. The molecule has 0 atom stereocenters. The largest absolute Gasteiger partial charge is 0.300 e. The molecule has 1 aromatic rings. The molecule has 2 aliphatic carbocycles. The molecule has 2 saturated carbocycles. The molecule has 3 heteroatoms. The first-order valence-electron chi connectivity index (χ1n) is 6.80. The molecule has 2 fully saturated rings. The standard InChI is InChI=1S/C14H19NOS/c16-12-7-5-11(6-8-12)14-15-13(9-17-14)10-3-1-2-4-10/h9-11H,1-8H2. The summed E-state index contributed by atoms with van der Waals surface area (Å²) in [6, 6.07) is 0. The normalized spacial score (nSPS) is 23.4. The highest BCUT2D eigenvalue weighted by Crippen LogP contribution is 2.38. The van der Waals surface area contributed by atoms with Gasteiger partial charge in [0.2, 0.25) is 0 Å². The summed E-state index contributed by atoms with van der Waals surface area (Å²) in [6.07, 6.45) is 8.97. The minimum atomic E-state index is 0.439. The Kier molecular flexibility index (Phi) is 3.28. The number of aromatic nitrogens is 1. The molecular formula is C14H19NOS. The highest BCUT2D eigenvalue weighted by atomic mass is 32.1. The van der Waals surface area contributed by atoms with Gasteiger partial charge in [-0.15, -0.1) is 11.3 Å². The van der Waals surface area contributed by atoms with Crippen molar-refractivity contribution in [2.75, 3.05) is 0 Å². The number of rotatable bonds is 2. The summed E-state index contributed by atoms with van der Waals surface area (Å²) in [7, 11) is 0. The predicted octanol–water partition coefficient (Wildman–Crippen LogP) is 4.03. The van der Waals surface area contributed by atoms with E-state index in [1.54, 1.807) is 0 Å². The van der Waals surface area contributed by atoms with Crippen molar-refractivity contribution in [2.24, 2.45) is 0 Å². The molecule has 1 heterocycles. The van der Waals surface area contributed by atoms with Crippen LogP contribution in [0.3, 0.4) is 0 Å². The molecule has 0 aromatic carbocycles. The van der Waals surface area contributed by atoms with Crippen molar-refractivity contribution in [2.45, 2.75) is 63.2 Å². The second kappa shape index (κ2) is 4.89. The second-order valence-electron chi connectivity index (χ2n) is 5.40. The quantitative estimate of drug-likeness (QED) is 0.792. The summed E-state index contributed by atoms with van der Waals surface area (Å²) in [4.78, 5) is 16.1. The van der Waals surface area contributed by atoms with Gasteiger partial charge in [-0.1, -0.05) is 12.8 Å². The first-order valence-corrected chi connectivity index (χ1v) is 7.68. The fourth-order valence-corrected chi connectivity index (χ4v) is 4.16. The van der Waals surface area contributed by atoms with E-state index in [2.05, 4.69) is 5.38 Å². The van der Waals surface area contributed by atoms with Crippen molar-refractivity contribution in [3.8, 4) is 0 Å². The van der Waals surface area contributed by atoms with Crippen LogP contribution >= 0.6 is 11.3 Å². The lowest BCUT2D eigenvalue weighted by Crippen LogP contribution is -2.12. The van der Waals surface area contributed by atoms with Crippen LogP contribution in [-0.4, -0.2) is 10.8 Å². The van der Waals surface area contributed by atoms with Crippen LogP contribution in [0, 0.1) is 0 Å². The Hall–Kier alpha value is -0.700. The molecule has 0 spiro atoms. The Labute approximate surface area is 106 Å². The van der Waals surface area contributed by atoms with Gasteiger partial charge in [0.05, 0.1) is 10.7 Å². The van der Waals surface area contributed by atoms with Crippen molar-refractivity contribution < 1.29 is 4.79 Å². The number of nitrogens with zero attached hydrogens (tertiary/aromatic N) is 1. The van der Waals surface area contributed by atoms with Gasteiger partial charge in [-0.3, -0.25) is 4.79 Å². The SMILES string of the molecule is O=C1CCC(c2nc(C3CCCC3)cs2)CC1. The summed E-state index contributed by atoms with van der Waals surface area (Å²) in [6.45, 7) is 0. The number of carbonyl (C=O) groups excluding carboxylic acids is 1. The van der Waals surface area contributed by atoms with Crippen molar-refractivity contribution in [1.82, 2.24) is 4.98 Å². The highest BCUT2D eigenvalue weighted by Gasteiger charge is 2.25. The van der Waals surface area contributed by atoms with E-state index in [1.807, 2.05) is 11.3 Å². The van der Waals surface area contributed by atoms with Crippen LogP contribution in [0.25, 0.3) is 0 Å². The van der Waals surface area contributed by atoms with E-state index < -0.39 is 0 Å². The fraction of sp³-hybridized carbons (Fsp3) is 0.714. The van der Waals surface area contributed by atoms with Crippen LogP contribution in [0.5, 0.6) is 0 Å². The number of Topliss-reactive ketones (excluding diaryl/α,β-unsaturated/α-hetero) is 1. The zero-order valence-electron chi connectivity index (χ0n) is 10.2. The Bertz CT molecular complexity index is 396. The van der Waals surface area contributed by atoms with Gasteiger partial charge in [0.25, 0.3) is 0 Å². The van der Waals surface area contributed by atoms with E-state index in [0.29, 0.717) is 11.7 Å². The van der Waals surface area contributed by atoms with Gasteiger partial charge in [-0.2, -0.15) is 0 Å². The Morgan fingerprint density at radius 2 is 1.76 bits per heavy atom. The molecule has 0 saturated heterocycles. The molecule has 0 N–H and O–H groups in total. The number of hydrogen-bond acceptors (Lipinski definition) is 3. The lowest BCUT2D eigenvalue weighted by Gasteiger charge is -2.18. The van der Waals surface area contributed by atoms with Gasteiger partial charge in [-0.25, -0.2) is 4.98 Å². The van der Waals surface area contributed by atoms with Crippen molar-refractivity contribution in [3.63, 3.8) is 0 Å². The minimum Gasteiger partial charge on any atom is -0.300 e. The van der Waals surface area contributed by atoms with E-state index in [0.717, 1.165) is 31.6 Å². The van der Waals surface area contributed by atoms with Crippen LogP contribution in [0.15, 0.2) is 5.38 Å². The van der Waals surface area contributed by atoms with E-state index in [-0.39, 0.29) is 0 Å². The number of ketones is 1. The molecule has 0 radical (unpaired) electrons. The van der Waals surface area contributed by atoms with E-state index in [1.165, 1.54) is 36.4 Å². The maximum atomic E-state index is 11.2. The zero-order chi connectivity index (χ0) is 11.7. The van der Waals surface area contributed by atoms with Crippen LogP contribution < -0.4 is 0 Å².